The fourth-order valence-corrected chi connectivity index (χ4v) is 2.33. The molecule has 1 aromatic heterocycles. The number of carbonyl (C=O) groups excluding carboxylic acids is 1. The minimum Gasteiger partial charge on any atom is -0.314 e. The number of para-hydroxylation sites is 1. The van der Waals surface area contributed by atoms with E-state index in [1.54, 1.807) is 7.05 Å². The third-order valence-corrected chi connectivity index (χ3v) is 3.55. The Kier molecular flexibility index (Phi) is 3.50. The van der Waals surface area contributed by atoms with Gasteiger partial charge < -0.3 is 9.88 Å². The molecular weight excluding hydrogens is 285 g/mol. The Labute approximate surface area is 125 Å². The van der Waals surface area contributed by atoms with Crippen LogP contribution >= 0.6 is 0 Å². The van der Waals surface area contributed by atoms with E-state index in [9.17, 15) is 14.0 Å². The number of anilines is 1. The van der Waals surface area contributed by atoms with Crippen LogP contribution in [-0.2, 0) is 11.3 Å². The molecule has 0 unspecified atom stereocenters. The number of aromatic amines is 1. The molecule has 2 aromatic carbocycles. The van der Waals surface area contributed by atoms with Gasteiger partial charge in [0.25, 0.3) is 0 Å². The molecule has 0 aliphatic rings. The zero-order chi connectivity index (χ0) is 15.7. The van der Waals surface area contributed by atoms with Gasteiger partial charge in [0.2, 0.25) is 5.91 Å². The van der Waals surface area contributed by atoms with Crippen molar-refractivity contribution < 1.29 is 9.18 Å². The SMILES string of the molecule is CN(C(=O)Cn1c(=O)[nH]c2cc(F)ccc21)c1ccccc1. The summed E-state index contributed by atoms with van der Waals surface area (Å²) in [4.78, 5) is 28.3. The number of halogens is 1. The van der Waals surface area contributed by atoms with E-state index in [0.717, 1.165) is 5.69 Å². The minimum atomic E-state index is -0.436. The molecule has 0 aliphatic carbocycles. The van der Waals surface area contributed by atoms with Gasteiger partial charge in [-0.15, -0.1) is 0 Å². The van der Waals surface area contributed by atoms with Gasteiger partial charge in [-0.05, 0) is 30.3 Å². The quantitative estimate of drug-likeness (QED) is 0.805. The van der Waals surface area contributed by atoms with Gasteiger partial charge in [-0.25, -0.2) is 9.18 Å². The van der Waals surface area contributed by atoms with Crippen LogP contribution in [-0.4, -0.2) is 22.5 Å². The Bertz CT molecular complexity index is 883. The molecule has 3 rings (SSSR count). The maximum Gasteiger partial charge on any atom is 0.326 e. The lowest BCUT2D eigenvalue weighted by molar-refractivity contribution is -0.118. The molecule has 6 heteroatoms. The van der Waals surface area contributed by atoms with Gasteiger partial charge in [-0.2, -0.15) is 0 Å². The second-order valence-electron chi connectivity index (χ2n) is 4.97. The van der Waals surface area contributed by atoms with Crippen molar-refractivity contribution in [3.05, 3.63) is 64.8 Å². The first-order valence-corrected chi connectivity index (χ1v) is 6.76. The van der Waals surface area contributed by atoms with Gasteiger partial charge in [-0.1, -0.05) is 18.2 Å². The number of aromatic nitrogens is 2. The standard InChI is InChI=1S/C16H14FN3O2/c1-19(12-5-3-2-4-6-12)15(21)10-20-14-8-7-11(17)9-13(14)18-16(20)22/h2-9H,10H2,1H3,(H,18,22). The van der Waals surface area contributed by atoms with Gasteiger partial charge in [-0.3, -0.25) is 9.36 Å². The van der Waals surface area contributed by atoms with Crippen LogP contribution in [0, 0.1) is 5.82 Å². The zero-order valence-electron chi connectivity index (χ0n) is 11.9. The van der Waals surface area contributed by atoms with Crippen LogP contribution in [0.2, 0.25) is 0 Å². The van der Waals surface area contributed by atoms with Crippen molar-refractivity contribution in [3.8, 4) is 0 Å². The summed E-state index contributed by atoms with van der Waals surface area (Å²) in [5.74, 6) is -0.674. The van der Waals surface area contributed by atoms with E-state index in [1.165, 1.54) is 27.7 Å². The lowest BCUT2D eigenvalue weighted by Gasteiger charge is -2.17. The summed E-state index contributed by atoms with van der Waals surface area (Å²) in [5.41, 5.74) is 1.18. The van der Waals surface area contributed by atoms with Crippen LogP contribution in [0.3, 0.4) is 0 Å². The number of fused-ring (bicyclic) bond motifs is 1. The molecule has 0 saturated heterocycles. The number of rotatable bonds is 3. The van der Waals surface area contributed by atoms with Crippen molar-refractivity contribution in [3.63, 3.8) is 0 Å². The molecule has 0 fully saturated rings. The summed E-state index contributed by atoms with van der Waals surface area (Å²) in [5, 5.41) is 0. The van der Waals surface area contributed by atoms with Crippen molar-refractivity contribution in [1.82, 2.24) is 9.55 Å². The highest BCUT2D eigenvalue weighted by Crippen LogP contribution is 2.14. The lowest BCUT2D eigenvalue weighted by Crippen LogP contribution is -2.33. The van der Waals surface area contributed by atoms with Crippen LogP contribution in [0.4, 0.5) is 10.1 Å². The van der Waals surface area contributed by atoms with Crippen LogP contribution in [0.5, 0.6) is 0 Å². The molecule has 112 valence electrons. The summed E-state index contributed by atoms with van der Waals surface area (Å²) in [6, 6.07) is 13.1. The molecule has 5 nitrogen and oxygen atoms in total. The number of H-pyrrole nitrogens is 1. The maximum atomic E-state index is 13.2. The fraction of sp³-hybridized carbons (Fsp3) is 0.125. The van der Waals surface area contributed by atoms with Gasteiger partial charge in [0.15, 0.2) is 0 Å². The Morgan fingerprint density at radius 1 is 1.23 bits per heavy atom. The lowest BCUT2D eigenvalue weighted by atomic mass is 10.3. The average Bonchev–Trinajstić information content (AvgIpc) is 2.82. The number of carbonyl (C=O) groups is 1. The fourth-order valence-electron chi connectivity index (χ4n) is 2.33. The summed E-state index contributed by atoms with van der Waals surface area (Å²) in [7, 11) is 1.65. The first-order valence-electron chi connectivity index (χ1n) is 6.76. The molecule has 3 aromatic rings. The molecule has 0 aliphatic heterocycles. The third kappa shape index (κ3) is 2.50. The van der Waals surface area contributed by atoms with Gasteiger partial charge in [0.1, 0.15) is 12.4 Å². The van der Waals surface area contributed by atoms with E-state index < -0.39 is 11.5 Å². The van der Waals surface area contributed by atoms with E-state index in [0.29, 0.717) is 11.0 Å². The average molecular weight is 299 g/mol. The predicted molar refractivity (Wildman–Crippen MR) is 82.4 cm³/mol. The summed E-state index contributed by atoms with van der Waals surface area (Å²) < 4.78 is 14.5. The molecule has 1 heterocycles. The summed E-state index contributed by atoms with van der Waals surface area (Å²) in [6.07, 6.45) is 0. The molecule has 0 saturated carbocycles. The van der Waals surface area contributed by atoms with Crippen LogP contribution in [0.25, 0.3) is 11.0 Å². The Morgan fingerprint density at radius 2 is 1.95 bits per heavy atom. The largest absolute Gasteiger partial charge is 0.326 e. The van der Waals surface area contributed by atoms with Crippen molar-refractivity contribution in [2.45, 2.75) is 6.54 Å². The molecule has 0 spiro atoms. The van der Waals surface area contributed by atoms with Gasteiger partial charge >= 0.3 is 5.69 Å². The number of hydrogen-bond donors (Lipinski definition) is 1. The van der Waals surface area contributed by atoms with Crippen LogP contribution < -0.4 is 10.6 Å². The molecule has 0 atom stereocenters. The second kappa shape index (κ2) is 5.48. The van der Waals surface area contributed by atoms with Crippen molar-refractivity contribution in [2.75, 3.05) is 11.9 Å². The van der Waals surface area contributed by atoms with E-state index in [1.807, 2.05) is 30.3 Å². The first-order chi connectivity index (χ1) is 10.6. The van der Waals surface area contributed by atoms with Crippen LogP contribution in [0.1, 0.15) is 0 Å². The topological polar surface area (TPSA) is 58.1 Å². The van der Waals surface area contributed by atoms with E-state index in [4.69, 9.17) is 0 Å². The minimum absolute atomic E-state index is 0.115. The molecule has 0 bridgehead atoms. The Hall–Kier alpha value is -2.89. The van der Waals surface area contributed by atoms with Crippen LogP contribution in [0.15, 0.2) is 53.3 Å². The molecule has 1 amide bonds. The smallest absolute Gasteiger partial charge is 0.314 e. The second-order valence-corrected chi connectivity index (χ2v) is 4.97. The van der Waals surface area contributed by atoms with E-state index in [2.05, 4.69) is 4.98 Å². The van der Waals surface area contributed by atoms with Crippen molar-refractivity contribution in [1.29, 1.82) is 0 Å². The first kappa shape index (κ1) is 14.1. The number of benzene rings is 2. The van der Waals surface area contributed by atoms with Crippen molar-refractivity contribution in [2.24, 2.45) is 0 Å². The Balaban J connectivity index is 1.92. The van der Waals surface area contributed by atoms with Crippen molar-refractivity contribution >= 4 is 22.6 Å². The normalized spacial score (nSPS) is 10.8. The zero-order valence-corrected chi connectivity index (χ0v) is 11.9. The number of nitrogens with zero attached hydrogens (tertiary/aromatic N) is 2. The number of amides is 1. The molecular formula is C16H14FN3O2. The van der Waals surface area contributed by atoms with E-state index >= 15 is 0 Å². The third-order valence-electron chi connectivity index (χ3n) is 3.55. The number of nitrogens with one attached hydrogen (secondary N) is 1. The monoisotopic (exact) mass is 299 g/mol. The highest BCUT2D eigenvalue weighted by molar-refractivity contribution is 5.93. The highest BCUT2D eigenvalue weighted by atomic mass is 19.1. The predicted octanol–water partition coefficient (Wildman–Crippen LogP) is 2.13. The van der Waals surface area contributed by atoms with Gasteiger partial charge in [0, 0.05) is 12.7 Å². The van der Waals surface area contributed by atoms with E-state index in [-0.39, 0.29) is 12.5 Å². The number of hydrogen-bond acceptors (Lipinski definition) is 2. The summed E-state index contributed by atoms with van der Waals surface area (Å²) >= 11 is 0. The number of likely N-dealkylation sites (N-methyl/N-ethyl adjacent to an activating group) is 1. The summed E-state index contributed by atoms with van der Waals surface area (Å²) in [6.45, 7) is -0.115. The maximum absolute atomic E-state index is 13.2. The molecule has 0 radical (unpaired) electrons. The number of imidazole rings is 1. The highest BCUT2D eigenvalue weighted by Gasteiger charge is 2.15. The molecule has 22 heavy (non-hydrogen) atoms. The molecule has 1 N–H and O–H groups in total. The Morgan fingerprint density at radius 3 is 2.68 bits per heavy atom. The van der Waals surface area contributed by atoms with Gasteiger partial charge in [0.05, 0.1) is 11.0 Å².